The standard InChI is InChI=1S/C25H25F3IN3O3S/c1-24(20-8-6-18(25(26,27)28)15-17(20)5-2-3-11-29)10-14-35-22-16-19(7-9-21(22)24)36(33,34)32-23-30-12-4-13-31-23/h4,6-9,12-13,15-16H,2-3,5,10-11,14H2,1H3,(H,30,31,32)/t24-/m0/s1. The van der Waals surface area contributed by atoms with Crippen LogP contribution in [0.1, 0.15) is 48.4 Å². The molecule has 2 heterocycles. The zero-order chi connectivity index (χ0) is 26.0. The van der Waals surface area contributed by atoms with E-state index in [2.05, 4.69) is 37.3 Å². The second-order valence-electron chi connectivity index (χ2n) is 8.78. The van der Waals surface area contributed by atoms with E-state index in [1.807, 2.05) is 6.92 Å². The minimum Gasteiger partial charge on any atom is -0.493 e. The number of nitrogens with zero attached hydrogens (tertiary/aromatic N) is 2. The monoisotopic (exact) mass is 631 g/mol. The summed E-state index contributed by atoms with van der Waals surface area (Å²) in [6, 6.07) is 10.1. The van der Waals surface area contributed by atoms with Crippen molar-refractivity contribution in [2.45, 2.75) is 49.1 Å². The maximum Gasteiger partial charge on any atom is 0.416 e. The number of unbranched alkanes of at least 4 members (excludes halogenated alkanes) is 1. The normalized spacial score (nSPS) is 17.8. The Morgan fingerprint density at radius 2 is 1.81 bits per heavy atom. The number of rotatable bonds is 8. The van der Waals surface area contributed by atoms with Gasteiger partial charge < -0.3 is 4.74 Å². The van der Waals surface area contributed by atoms with Gasteiger partial charge in [0, 0.05) is 29.4 Å². The number of nitrogens with one attached hydrogen (secondary N) is 1. The van der Waals surface area contributed by atoms with Crippen molar-refractivity contribution in [1.82, 2.24) is 9.97 Å². The Morgan fingerprint density at radius 3 is 2.50 bits per heavy atom. The highest BCUT2D eigenvalue weighted by Crippen LogP contribution is 2.46. The lowest BCUT2D eigenvalue weighted by Crippen LogP contribution is -2.32. The molecule has 1 N–H and O–H groups in total. The van der Waals surface area contributed by atoms with E-state index < -0.39 is 27.2 Å². The van der Waals surface area contributed by atoms with E-state index in [1.54, 1.807) is 18.2 Å². The van der Waals surface area contributed by atoms with Crippen LogP contribution in [0.5, 0.6) is 5.75 Å². The molecule has 1 atom stereocenters. The highest BCUT2D eigenvalue weighted by atomic mass is 127. The average molecular weight is 631 g/mol. The number of aryl methyl sites for hydroxylation is 1. The highest BCUT2D eigenvalue weighted by molar-refractivity contribution is 14.1. The summed E-state index contributed by atoms with van der Waals surface area (Å²) in [5.74, 6) is 0.334. The summed E-state index contributed by atoms with van der Waals surface area (Å²) in [6.45, 7) is 2.28. The Kier molecular flexibility index (Phi) is 7.79. The van der Waals surface area contributed by atoms with Crippen molar-refractivity contribution in [3.8, 4) is 5.75 Å². The van der Waals surface area contributed by atoms with E-state index in [-0.39, 0.29) is 10.8 Å². The fourth-order valence-corrected chi connectivity index (χ4v) is 5.99. The second kappa shape index (κ2) is 10.5. The molecule has 0 saturated carbocycles. The third kappa shape index (κ3) is 5.61. The average Bonchev–Trinajstić information content (AvgIpc) is 2.84. The predicted molar refractivity (Wildman–Crippen MR) is 139 cm³/mol. The summed E-state index contributed by atoms with van der Waals surface area (Å²) in [4.78, 5) is 7.76. The number of ether oxygens (including phenoxy) is 1. The van der Waals surface area contributed by atoms with Gasteiger partial charge in [-0.25, -0.2) is 23.1 Å². The number of fused-ring (bicyclic) bond motifs is 1. The van der Waals surface area contributed by atoms with E-state index in [0.29, 0.717) is 30.8 Å². The van der Waals surface area contributed by atoms with Crippen molar-refractivity contribution in [3.05, 3.63) is 77.1 Å². The molecule has 0 spiro atoms. The van der Waals surface area contributed by atoms with Crippen molar-refractivity contribution in [1.29, 1.82) is 0 Å². The molecule has 1 aliphatic rings. The topological polar surface area (TPSA) is 81.2 Å². The maximum atomic E-state index is 13.5. The van der Waals surface area contributed by atoms with Gasteiger partial charge in [-0.15, -0.1) is 0 Å². The summed E-state index contributed by atoms with van der Waals surface area (Å²) in [7, 11) is -3.97. The number of benzene rings is 2. The van der Waals surface area contributed by atoms with Gasteiger partial charge in [0.1, 0.15) is 5.75 Å². The zero-order valence-corrected chi connectivity index (χ0v) is 22.5. The second-order valence-corrected chi connectivity index (χ2v) is 11.5. The number of anilines is 1. The third-order valence-corrected chi connectivity index (χ3v) is 8.45. The smallest absolute Gasteiger partial charge is 0.416 e. The summed E-state index contributed by atoms with van der Waals surface area (Å²) in [5, 5.41) is 0. The summed E-state index contributed by atoms with van der Waals surface area (Å²) in [6.07, 6.45) is 1.19. The molecule has 4 rings (SSSR count). The highest BCUT2D eigenvalue weighted by Gasteiger charge is 2.39. The van der Waals surface area contributed by atoms with Gasteiger partial charge in [-0.2, -0.15) is 13.2 Å². The van der Waals surface area contributed by atoms with Crippen molar-refractivity contribution in [2.24, 2.45) is 0 Å². The molecule has 1 aromatic heterocycles. The van der Waals surface area contributed by atoms with Crippen LogP contribution in [0.15, 0.2) is 59.8 Å². The number of halogens is 4. The van der Waals surface area contributed by atoms with Crippen LogP contribution in [0, 0.1) is 0 Å². The molecule has 0 aliphatic carbocycles. The lowest BCUT2D eigenvalue weighted by Gasteiger charge is -2.38. The summed E-state index contributed by atoms with van der Waals surface area (Å²) >= 11 is 2.26. The summed E-state index contributed by atoms with van der Waals surface area (Å²) < 4.78 is 75.4. The first-order valence-corrected chi connectivity index (χ1v) is 14.4. The fraction of sp³-hybridized carbons (Fsp3) is 0.360. The molecule has 36 heavy (non-hydrogen) atoms. The Morgan fingerprint density at radius 1 is 1.08 bits per heavy atom. The van der Waals surface area contributed by atoms with Gasteiger partial charge in [0.2, 0.25) is 5.95 Å². The third-order valence-electron chi connectivity index (χ3n) is 6.37. The Labute approximate surface area is 221 Å². The first-order valence-electron chi connectivity index (χ1n) is 11.4. The zero-order valence-electron chi connectivity index (χ0n) is 19.5. The molecule has 0 bridgehead atoms. The van der Waals surface area contributed by atoms with Gasteiger partial charge in [0.15, 0.2) is 0 Å². The molecule has 11 heteroatoms. The molecule has 0 radical (unpaired) electrons. The van der Waals surface area contributed by atoms with Crippen LogP contribution in [-0.4, -0.2) is 29.4 Å². The molecule has 0 fully saturated rings. The van der Waals surface area contributed by atoms with E-state index in [1.165, 1.54) is 30.6 Å². The minimum atomic E-state index is -4.43. The first-order chi connectivity index (χ1) is 17.0. The SMILES string of the molecule is C[C@@]1(c2ccc(C(F)(F)F)cc2CCCCI)CCOc2cc(S(=O)(=O)Nc3ncccn3)ccc21. The quantitative estimate of drug-likeness (QED) is 0.184. The lowest BCUT2D eigenvalue weighted by atomic mass is 9.70. The van der Waals surface area contributed by atoms with Gasteiger partial charge in [0.25, 0.3) is 10.0 Å². The molecule has 192 valence electrons. The molecule has 0 amide bonds. The minimum absolute atomic E-state index is 0.0207. The van der Waals surface area contributed by atoms with Gasteiger partial charge in [-0.3, -0.25) is 0 Å². The Balaban J connectivity index is 1.74. The number of aromatic nitrogens is 2. The molecule has 6 nitrogen and oxygen atoms in total. The van der Waals surface area contributed by atoms with E-state index in [9.17, 15) is 21.6 Å². The van der Waals surface area contributed by atoms with Crippen LogP contribution in [0.3, 0.4) is 0 Å². The molecule has 3 aromatic rings. The largest absolute Gasteiger partial charge is 0.493 e. The van der Waals surface area contributed by atoms with Gasteiger partial charge in [-0.1, -0.05) is 41.6 Å². The Bertz CT molecular complexity index is 1340. The maximum absolute atomic E-state index is 13.5. The van der Waals surface area contributed by atoms with Gasteiger partial charge in [0.05, 0.1) is 17.1 Å². The number of alkyl halides is 4. The number of hydrogen-bond donors (Lipinski definition) is 1. The summed E-state index contributed by atoms with van der Waals surface area (Å²) in [5.41, 5.74) is 0.890. The number of sulfonamides is 1. The van der Waals surface area contributed by atoms with Crippen molar-refractivity contribution in [3.63, 3.8) is 0 Å². The van der Waals surface area contributed by atoms with Crippen molar-refractivity contribution in [2.75, 3.05) is 15.8 Å². The lowest BCUT2D eigenvalue weighted by molar-refractivity contribution is -0.137. The molecular weight excluding hydrogens is 606 g/mol. The van der Waals surface area contributed by atoms with Crippen molar-refractivity contribution < 1.29 is 26.3 Å². The predicted octanol–water partition coefficient (Wildman–Crippen LogP) is 6.14. The van der Waals surface area contributed by atoms with E-state index in [0.717, 1.165) is 34.5 Å². The van der Waals surface area contributed by atoms with Gasteiger partial charge in [-0.05, 0) is 65.5 Å². The van der Waals surface area contributed by atoms with Crippen LogP contribution in [0.25, 0.3) is 0 Å². The van der Waals surface area contributed by atoms with Crippen molar-refractivity contribution >= 4 is 38.6 Å². The Hall–Kier alpha value is -2.41. The van der Waals surface area contributed by atoms with Crippen LogP contribution in [-0.2, 0) is 28.0 Å². The van der Waals surface area contributed by atoms with Crippen LogP contribution >= 0.6 is 22.6 Å². The fourth-order valence-electron chi connectivity index (χ4n) is 4.48. The molecule has 1 aliphatic heterocycles. The van der Waals surface area contributed by atoms with Crippen LogP contribution < -0.4 is 9.46 Å². The first kappa shape index (κ1) is 26.6. The molecule has 0 unspecified atom stereocenters. The van der Waals surface area contributed by atoms with Gasteiger partial charge >= 0.3 is 6.18 Å². The molecule has 0 saturated heterocycles. The van der Waals surface area contributed by atoms with Crippen LogP contribution in [0.2, 0.25) is 0 Å². The number of hydrogen-bond acceptors (Lipinski definition) is 5. The molecule has 2 aromatic carbocycles. The van der Waals surface area contributed by atoms with Crippen LogP contribution in [0.4, 0.5) is 19.1 Å². The van der Waals surface area contributed by atoms with E-state index in [4.69, 9.17) is 4.74 Å². The van der Waals surface area contributed by atoms with E-state index >= 15 is 0 Å². The molecular formula is C25H25F3IN3O3S.